The molecule has 0 fully saturated rings. The number of anilines is 2. The molecule has 5 nitrogen and oxygen atoms in total. The van der Waals surface area contributed by atoms with E-state index in [9.17, 15) is 14.3 Å². The van der Waals surface area contributed by atoms with Gasteiger partial charge in [-0.25, -0.2) is 9.18 Å². The van der Waals surface area contributed by atoms with Gasteiger partial charge in [0.1, 0.15) is 0 Å². The first-order valence-corrected chi connectivity index (χ1v) is 7.59. The Kier molecular flexibility index (Phi) is 3.99. The number of aryl methyl sites for hydroxylation is 1. The van der Waals surface area contributed by atoms with Crippen LogP contribution < -0.4 is 5.32 Å². The van der Waals surface area contributed by atoms with Gasteiger partial charge < -0.3 is 14.9 Å². The molecule has 3 aromatic rings. The van der Waals surface area contributed by atoms with Crippen molar-refractivity contribution in [2.45, 2.75) is 6.92 Å². The Labute approximate surface area is 143 Å². The van der Waals surface area contributed by atoms with Crippen LogP contribution in [0.4, 0.5) is 15.8 Å². The maximum Gasteiger partial charge on any atom is 0.337 e. The molecule has 0 unspecified atom stereocenters. The van der Waals surface area contributed by atoms with Crippen LogP contribution in [0.2, 0.25) is 5.02 Å². The van der Waals surface area contributed by atoms with Crippen molar-refractivity contribution in [2.24, 2.45) is 0 Å². The lowest BCUT2D eigenvalue weighted by atomic mass is 10.1. The van der Waals surface area contributed by atoms with Crippen molar-refractivity contribution in [3.8, 4) is 0 Å². The first-order valence-electron chi connectivity index (χ1n) is 6.42. The topological polar surface area (TPSA) is 75.4 Å². The van der Waals surface area contributed by atoms with Gasteiger partial charge in [-0.05, 0) is 31.2 Å². The van der Waals surface area contributed by atoms with Crippen molar-refractivity contribution >= 4 is 55.8 Å². The lowest BCUT2D eigenvalue weighted by molar-refractivity contribution is 0.0697. The van der Waals surface area contributed by atoms with Gasteiger partial charge in [-0.3, -0.25) is 0 Å². The van der Waals surface area contributed by atoms with Crippen LogP contribution in [0.3, 0.4) is 0 Å². The number of fused-ring (bicyclic) bond motifs is 1. The number of carboxylic acid groups (broad SMARTS) is 1. The molecular formula is C15H9BrClFN2O3. The maximum atomic E-state index is 14.7. The second kappa shape index (κ2) is 5.82. The van der Waals surface area contributed by atoms with Gasteiger partial charge in [0, 0.05) is 9.86 Å². The van der Waals surface area contributed by atoms with Gasteiger partial charge >= 0.3 is 5.97 Å². The SMILES string of the molecule is Cc1noc2c(F)c(Nc3cc(Br)ccc3Cl)c(C(=O)O)cc12. The molecular weight excluding hydrogens is 391 g/mol. The van der Waals surface area contributed by atoms with E-state index in [4.69, 9.17) is 16.1 Å². The minimum atomic E-state index is -1.28. The van der Waals surface area contributed by atoms with Gasteiger partial charge in [0.25, 0.3) is 0 Å². The highest BCUT2D eigenvalue weighted by molar-refractivity contribution is 9.10. The first-order chi connectivity index (χ1) is 10.9. The number of carbonyl (C=O) groups is 1. The fraction of sp³-hybridized carbons (Fsp3) is 0.0667. The third kappa shape index (κ3) is 2.77. The van der Waals surface area contributed by atoms with Crippen LogP contribution in [0.5, 0.6) is 0 Å². The average Bonchev–Trinajstić information content (AvgIpc) is 2.87. The Hall–Kier alpha value is -2.12. The van der Waals surface area contributed by atoms with Crippen molar-refractivity contribution in [3.63, 3.8) is 0 Å². The number of aromatic carboxylic acids is 1. The number of hydrogen-bond donors (Lipinski definition) is 2. The summed E-state index contributed by atoms with van der Waals surface area (Å²) in [5, 5.41) is 16.4. The lowest BCUT2D eigenvalue weighted by Crippen LogP contribution is -2.06. The lowest BCUT2D eigenvalue weighted by Gasteiger charge is -2.12. The molecule has 0 bridgehead atoms. The number of aromatic nitrogens is 1. The fourth-order valence-electron chi connectivity index (χ4n) is 2.17. The van der Waals surface area contributed by atoms with E-state index in [1.165, 1.54) is 6.07 Å². The van der Waals surface area contributed by atoms with Crippen LogP contribution >= 0.6 is 27.5 Å². The van der Waals surface area contributed by atoms with E-state index in [0.717, 1.165) is 0 Å². The molecule has 0 aliphatic carbocycles. The predicted octanol–water partition coefficient (Wildman–Crippen LogP) is 5.13. The van der Waals surface area contributed by atoms with E-state index in [0.29, 0.717) is 26.3 Å². The average molecular weight is 400 g/mol. The Morgan fingerprint density at radius 3 is 2.87 bits per heavy atom. The van der Waals surface area contributed by atoms with Gasteiger partial charge in [-0.2, -0.15) is 0 Å². The molecule has 0 saturated carbocycles. The zero-order valence-electron chi connectivity index (χ0n) is 11.7. The molecule has 1 heterocycles. The molecule has 0 radical (unpaired) electrons. The van der Waals surface area contributed by atoms with Crippen molar-refractivity contribution in [1.82, 2.24) is 5.16 Å². The maximum absolute atomic E-state index is 14.7. The Morgan fingerprint density at radius 2 is 2.17 bits per heavy atom. The molecule has 0 spiro atoms. The smallest absolute Gasteiger partial charge is 0.337 e. The largest absolute Gasteiger partial charge is 0.478 e. The second-order valence-corrected chi connectivity index (χ2v) is 6.13. The molecule has 2 aromatic carbocycles. The number of hydrogen-bond acceptors (Lipinski definition) is 4. The highest BCUT2D eigenvalue weighted by Crippen LogP contribution is 2.35. The van der Waals surface area contributed by atoms with Gasteiger partial charge in [0.05, 0.1) is 27.7 Å². The van der Waals surface area contributed by atoms with Crippen molar-refractivity contribution in [2.75, 3.05) is 5.32 Å². The number of rotatable bonds is 3. The fourth-order valence-corrected chi connectivity index (χ4v) is 2.70. The summed E-state index contributed by atoms with van der Waals surface area (Å²) in [6.07, 6.45) is 0. The Morgan fingerprint density at radius 1 is 1.43 bits per heavy atom. The molecule has 1 aromatic heterocycles. The minimum Gasteiger partial charge on any atom is -0.478 e. The number of nitrogens with zero attached hydrogens (tertiary/aromatic N) is 1. The highest BCUT2D eigenvalue weighted by Gasteiger charge is 2.23. The molecule has 0 atom stereocenters. The Bertz CT molecular complexity index is 942. The van der Waals surface area contributed by atoms with Gasteiger partial charge in [-0.15, -0.1) is 0 Å². The number of nitrogens with one attached hydrogen (secondary N) is 1. The monoisotopic (exact) mass is 398 g/mol. The van der Waals surface area contributed by atoms with Gasteiger partial charge in [-0.1, -0.05) is 32.7 Å². The Balaban J connectivity index is 2.23. The summed E-state index contributed by atoms with van der Waals surface area (Å²) < 4.78 is 20.4. The van der Waals surface area contributed by atoms with Gasteiger partial charge in [0.2, 0.25) is 5.58 Å². The summed E-state index contributed by atoms with van der Waals surface area (Å²) in [6, 6.07) is 6.25. The van der Waals surface area contributed by atoms with E-state index in [2.05, 4.69) is 26.4 Å². The molecule has 0 aliphatic heterocycles. The molecule has 0 aliphatic rings. The third-order valence-corrected chi connectivity index (χ3v) is 4.13. The highest BCUT2D eigenvalue weighted by atomic mass is 79.9. The van der Waals surface area contributed by atoms with Crippen molar-refractivity contribution < 1.29 is 18.8 Å². The summed E-state index contributed by atoms with van der Waals surface area (Å²) in [7, 11) is 0. The van der Waals surface area contributed by atoms with E-state index >= 15 is 0 Å². The van der Waals surface area contributed by atoms with E-state index in [-0.39, 0.29) is 16.8 Å². The standard InChI is InChI=1S/C15H9BrClFN2O3/c1-6-8-5-9(15(21)22)13(12(18)14(8)23-20-6)19-11-4-7(16)2-3-10(11)17/h2-5,19H,1H3,(H,21,22). The molecule has 0 saturated heterocycles. The van der Waals surface area contributed by atoms with Crippen LogP contribution in [-0.2, 0) is 0 Å². The summed E-state index contributed by atoms with van der Waals surface area (Å²) in [5.74, 6) is -2.11. The zero-order valence-corrected chi connectivity index (χ0v) is 14.0. The molecule has 118 valence electrons. The zero-order chi connectivity index (χ0) is 16.7. The first kappa shape index (κ1) is 15.8. The quantitative estimate of drug-likeness (QED) is 0.638. The van der Waals surface area contributed by atoms with Crippen LogP contribution in [0.1, 0.15) is 16.1 Å². The van der Waals surface area contributed by atoms with Crippen LogP contribution in [0, 0.1) is 12.7 Å². The van der Waals surface area contributed by atoms with Gasteiger partial charge in [0.15, 0.2) is 5.82 Å². The summed E-state index contributed by atoms with van der Waals surface area (Å²) >= 11 is 9.35. The normalized spacial score (nSPS) is 11.0. The number of carboxylic acids is 1. The minimum absolute atomic E-state index is 0.110. The molecule has 2 N–H and O–H groups in total. The van der Waals surface area contributed by atoms with Crippen LogP contribution in [-0.4, -0.2) is 16.2 Å². The number of benzene rings is 2. The van der Waals surface area contributed by atoms with E-state index in [1.807, 2.05) is 0 Å². The van der Waals surface area contributed by atoms with E-state index in [1.54, 1.807) is 25.1 Å². The predicted molar refractivity (Wildman–Crippen MR) is 88.1 cm³/mol. The summed E-state index contributed by atoms with van der Waals surface area (Å²) in [5.41, 5.74) is 0.186. The summed E-state index contributed by atoms with van der Waals surface area (Å²) in [4.78, 5) is 11.5. The van der Waals surface area contributed by atoms with Crippen molar-refractivity contribution in [1.29, 1.82) is 0 Å². The summed E-state index contributed by atoms with van der Waals surface area (Å²) in [6.45, 7) is 1.61. The molecule has 23 heavy (non-hydrogen) atoms. The molecule has 0 amide bonds. The molecule has 3 rings (SSSR count). The third-order valence-electron chi connectivity index (χ3n) is 3.30. The second-order valence-electron chi connectivity index (χ2n) is 4.81. The van der Waals surface area contributed by atoms with Crippen LogP contribution in [0.15, 0.2) is 33.3 Å². The van der Waals surface area contributed by atoms with Crippen molar-refractivity contribution in [3.05, 3.63) is 50.8 Å². The number of halogens is 3. The van der Waals surface area contributed by atoms with Crippen LogP contribution in [0.25, 0.3) is 11.0 Å². The van der Waals surface area contributed by atoms with E-state index < -0.39 is 11.8 Å². The molecule has 8 heteroatoms.